The molecule has 2 aromatic rings. The van der Waals surface area contributed by atoms with Gasteiger partial charge in [0.25, 0.3) is 10.0 Å². The van der Waals surface area contributed by atoms with E-state index in [9.17, 15) is 21.2 Å². The molecular formula is C15H15FN2O4S2. The number of halogens is 1. The van der Waals surface area contributed by atoms with Crippen LogP contribution >= 0.6 is 0 Å². The van der Waals surface area contributed by atoms with E-state index in [0.29, 0.717) is 23.2 Å². The van der Waals surface area contributed by atoms with Gasteiger partial charge in [0.05, 0.1) is 15.5 Å². The van der Waals surface area contributed by atoms with Crippen LogP contribution in [0.4, 0.5) is 10.1 Å². The Kier molecular flexibility index (Phi) is 3.89. The number of benzene rings is 2. The maximum absolute atomic E-state index is 13.2. The summed E-state index contributed by atoms with van der Waals surface area (Å²) in [7, 11) is -7.71. The fourth-order valence-electron chi connectivity index (χ4n) is 2.80. The maximum atomic E-state index is 13.2. The molecule has 1 aliphatic rings. The van der Waals surface area contributed by atoms with Gasteiger partial charge in [-0.2, -0.15) is 0 Å². The van der Waals surface area contributed by atoms with Gasteiger partial charge in [0.2, 0.25) is 10.0 Å². The molecule has 0 bridgehead atoms. The summed E-state index contributed by atoms with van der Waals surface area (Å²) >= 11 is 0. The number of nitrogens with zero attached hydrogens (tertiary/aromatic N) is 1. The monoisotopic (exact) mass is 370 g/mol. The molecule has 0 saturated carbocycles. The number of sulfonamides is 2. The molecule has 9 heteroatoms. The summed E-state index contributed by atoms with van der Waals surface area (Å²) < 4.78 is 63.0. The number of aryl methyl sites for hydroxylation is 1. The molecule has 0 aliphatic carbocycles. The lowest BCUT2D eigenvalue weighted by atomic mass is 10.2. The number of hydrogen-bond donors (Lipinski definition) is 1. The van der Waals surface area contributed by atoms with Gasteiger partial charge in [-0.3, -0.25) is 4.31 Å². The van der Waals surface area contributed by atoms with E-state index in [4.69, 9.17) is 5.14 Å². The Labute approximate surface area is 139 Å². The van der Waals surface area contributed by atoms with Gasteiger partial charge in [-0.25, -0.2) is 26.4 Å². The summed E-state index contributed by atoms with van der Waals surface area (Å²) in [4.78, 5) is -0.0364. The van der Waals surface area contributed by atoms with E-state index in [-0.39, 0.29) is 16.3 Å². The van der Waals surface area contributed by atoms with Crippen LogP contribution in [-0.4, -0.2) is 23.4 Å². The van der Waals surface area contributed by atoms with E-state index >= 15 is 0 Å². The Bertz CT molecular complexity index is 1030. The fourth-order valence-corrected chi connectivity index (χ4v) is 5.07. The highest BCUT2D eigenvalue weighted by Gasteiger charge is 2.32. The molecule has 1 aliphatic heterocycles. The zero-order valence-corrected chi connectivity index (χ0v) is 14.4. The van der Waals surface area contributed by atoms with Crippen LogP contribution in [0.25, 0.3) is 0 Å². The first-order valence-corrected chi connectivity index (χ1v) is 10.0. The van der Waals surface area contributed by atoms with Gasteiger partial charge < -0.3 is 0 Å². The Morgan fingerprint density at radius 2 is 1.79 bits per heavy atom. The minimum atomic E-state index is -3.86. The smallest absolute Gasteiger partial charge is 0.264 e. The highest BCUT2D eigenvalue weighted by Crippen LogP contribution is 2.35. The predicted octanol–water partition coefficient (Wildman–Crippen LogP) is 1.53. The van der Waals surface area contributed by atoms with Crippen molar-refractivity contribution in [3.05, 3.63) is 53.3 Å². The number of primary sulfonamides is 1. The van der Waals surface area contributed by atoms with E-state index in [1.165, 1.54) is 35.5 Å². The van der Waals surface area contributed by atoms with Gasteiger partial charge in [-0.15, -0.1) is 0 Å². The van der Waals surface area contributed by atoms with E-state index in [1.807, 2.05) is 0 Å². The van der Waals surface area contributed by atoms with Crippen LogP contribution < -0.4 is 9.44 Å². The third-order valence-electron chi connectivity index (χ3n) is 3.94. The summed E-state index contributed by atoms with van der Waals surface area (Å²) in [6.45, 7) is 1.71. The number of nitrogens with two attached hydrogens (primary N) is 1. The van der Waals surface area contributed by atoms with Crippen molar-refractivity contribution >= 4 is 25.7 Å². The second kappa shape index (κ2) is 5.54. The zero-order valence-electron chi connectivity index (χ0n) is 12.7. The van der Waals surface area contributed by atoms with E-state index < -0.39 is 25.9 Å². The van der Waals surface area contributed by atoms with Crippen LogP contribution in [0.1, 0.15) is 11.1 Å². The van der Waals surface area contributed by atoms with E-state index in [2.05, 4.69) is 0 Å². The van der Waals surface area contributed by atoms with Gasteiger partial charge in [-0.05, 0) is 60.9 Å². The molecule has 0 atom stereocenters. The minimum absolute atomic E-state index is 0.0206. The molecule has 24 heavy (non-hydrogen) atoms. The molecule has 1 heterocycles. The van der Waals surface area contributed by atoms with E-state index in [1.54, 1.807) is 0 Å². The Morgan fingerprint density at radius 1 is 1.08 bits per heavy atom. The lowest BCUT2D eigenvalue weighted by Crippen LogP contribution is -2.29. The van der Waals surface area contributed by atoms with Crippen molar-refractivity contribution in [3.63, 3.8) is 0 Å². The van der Waals surface area contributed by atoms with Crippen LogP contribution in [0.5, 0.6) is 0 Å². The molecule has 2 N–H and O–H groups in total. The highest BCUT2D eigenvalue weighted by molar-refractivity contribution is 7.93. The largest absolute Gasteiger partial charge is 0.266 e. The molecule has 0 aromatic heterocycles. The van der Waals surface area contributed by atoms with Crippen molar-refractivity contribution in [3.8, 4) is 0 Å². The molecule has 0 radical (unpaired) electrons. The van der Waals surface area contributed by atoms with Crippen molar-refractivity contribution in [1.82, 2.24) is 0 Å². The standard InChI is InChI=1S/C15H15FN2O4S2/c1-10-8-12(16)2-5-15(10)24(21,22)18-7-6-11-9-13(23(17,19)20)3-4-14(11)18/h2-5,8-9H,6-7H2,1H3,(H2,17,19,20). The maximum Gasteiger partial charge on any atom is 0.264 e. The normalized spacial score (nSPS) is 14.7. The predicted molar refractivity (Wildman–Crippen MR) is 87.2 cm³/mol. The first-order valence-electron chi connectivity index (χ1n) is 7.05. The molecule has 0 amide bonds. The number of rotatable bonds is 3. The van der Waals surface area contributed by atoms with Crippen LogP contribution in [0.2, 0.25) is 0 Å². The van der Waals surface area contributed by atoms with Crippen LogP contribution in [0.15, 0.2) is 46.2 Å². The van der Waals surface area contributed by atoms with Crippen molar-refractivity contribution in [2.24, 2.45) is 5.14 Å². The third-order valence-corrected chi connectivity index (χ3v) is 6.82. The second-order valence-electron chi connectivity index (χ2n) is 5.57. The summed E-state index contributed by atoms with van der Waals surface area (Å²) in [5, 5.41) is 5.10. The molecule has 3 rings (SSSR count). The van der Waals surface area contributed by atoms with Crippen molar-refractivity contribution in [1.29, 1.82) is 0 Å². The summed E-state index contributed by atoms with van der Waals surface area (Å²) in [5.74, 6) is -0.508. The van der Waals surface area contributed by atoms with Gasteiger partial charge in [-0.1, -0.05) is 0 Å². The average molecular weight is 370 g/mol. The van der Waals surface area contributed by atoms with Gasteiger partial charge >= 0.3 is 0 Å². The molecule has 128 valence electrons. The van der Waals surface area contributed by atoms with Crippen LogP contribution in [0, 0.1) is 12.7 Å². The van der Waals surface area contributed by atoms with E-state index in [0.717, 1.165) is 12.1 Å². The number of hydrogen-bond acceptors (Lipinski definition) is 4. The molecule has 0 fully saturated rings. The first-order chi connectivity index (χ1) is 11.1. The third kappa shape index (κ3) is 2.79. The topological polar surface area (TPSA) is 97.5 Å². The Balaban J connectivity index is 2.08. The number of anilines is 1. The fraction of sp³-hybridized carbons (Fsp3) is 0.200. The molecule has 0 unspecified atom stereocenters. The summed E-state index contributed by atoms with van der Waals surface area (Å²) in [5.41, 5.74) is 1.31. The molecule has 0 spiro atoms. The Hall–Kier alpha value is -1.97. The van der Waals surface area contributed by atoms with Crippen molar-refractivity contribution in [2.45, 2.75) is 23.1 Å². The minimum Gasteiger partial charge on any atom is -0.266 e. The summed E-state index contributed by atoms with van der Waals surface area (Å²) in [6.07, 6.45) is 0.373. The molecular weight excluding hydrogens is 355 g/mol. The highest BCUT2D eigenvalue weighted by atomic mass is 32.2. The lowest BCUT2D eigenvalue weighted by molar-refractivity contribution is 0.590. The van der Waals surface area contributed by atoms with Crippen molar-refractivity contribution < 1.29 is 21.2 Å². The van der Waals surface area contributed by atoms with Crippen LogP contribution in [-0.2, 0) is 26.5 Å². The molecule has 2 aromatic carbocycles. The van der Waals surface area contributed by atoms with Gasteiger partial charge in [0.15, 0.2) is 0 Å². The first kappa shape index (κ1) is 16.9. The quantitative estimate of drug-likeness (QED) is 0.886. The van der Waals surface area contributed by atoms with Gasteiger partial charge in [0.1, 0.15) is 5.82 Å². The van der Waals surface area contributed by atoms with Gasteiger partial charge in [0, 0.05) is 6.54 Å². The van der Waals surface area contributed by atoms with Crippen LogP contribution in [0.3, 0.4) is 0 Å². The summed E-state index contributed by atoms with van der Waals surface area (Å²) in [6, 6.07) is 7.58. The SMILES string of the molecule is Cc1cc(F)ccc1S(=O)(=O)N1CCc2cc(S(N)(=O)=O)ccc21. The average Bonchev–Trinajstić information content (AvgIpc) is 2.89. The zero-order chi connectivity index (χ0) is 17.7. The lowest BCUT2D eigenvalue weighted by Gasteiger charge is -2.21. The number of fused-ring (bicyclic) bond motifs is 1. The van der Waals surface area contributed by atoms with Crippen molar-refractivity contribution in [2.75, 3.05) is 10.8 Å². The Morgan fingerprint density at radius 3 is 2.42 bits per heavy atom. The molecule has 0 saturated heterocycles. The second-order valence-corrected chi connectivity index (χ2v) is 8.96. The molecule has 6 nitrogen and oxygen atoms in total.